The molecule has 0 aliphatic heterocycles. The third kappa shape index (κ3) is 7.24. The molecule has 0 aliphatic rings. The molecule has 1 amide bonds. The normalized spacial score (nSPS) is 12.1. The maximum Gasteiger partial charge on any atom is 0.329 e. The summed E-state index contributed by atoms with van der Waals surface area (Å²) < 4.78 is 4.71. The van der Waals surface area contributed by atoms with Crippen molar-refractivity contribution in [3.8, 4) is 0 Å². The lowest BCUT2D eigenvalue weighted by Crippen LogP contribution is -2.42. The van der Waals surface area contributed by atoms with Crippen molar-refractivity contribution in [1.29, 1.82) is 0 Å². The van der Waals surface area contributed by atoms with Crippen molar-refractivity contribution in [2.24, 2.45) is 0 Å². The SMILES string of the molecule is COC(=O)C(CSCSC)NC(=O)C=Cc1ccccc1. The highest BCUT2D eigenvalue weighted by Crippen LogP contribution is 2.10. The second kappa shape index (κ2) is 10.3. The Bertz CT molecular complexity index is 477. The molecule has 0 saturated heterocycles. The molecule has 0 radical (unpaired) electrons. The van der Waals surface area contributed by atoms with Gasteiger partial charge in [0.15, 0.2) is 0 Å². The summed E-state index contributed by atoms with van der Waals surface area (Å²) in [5.74, 6) is -0.234. The number of hydrogen-bond acceptors (Lipinski definition) is 5. The van der Waals surface area contributed by atoms with Crippen molar-refractivity contribution >= 4 is 41.5 Å². The number of nitrogens with one attached hydrogen (secondary N) is 1. The Morgan fingerprint density at radius 1 is 1.33 bits per heavy atom. The average molecular weight is 325 g/mol. The monoisotopic (exact) mass is 325 g/mol. The highest BCUT2D eigenvalue weighted by Gasteiger charge is 2.20. The van der Waals surface area contributed by atoms with E-state index in [9.17, 15) is 9.59 Å². The van der Waals surface area contributed by atoms with E-state index in [2.05, 4.69) is 5.32 Å². The van der Waals surface area contributed by atoms with Gasteiger partial charge < -0.3 is 10.1 Å². The molecule has 1 unspecified atom stereocenters. The fraction of sp³-hybridized carbons (Fsp3) is 0.333. The summed E-state index contributed by atoms with van der Waals surface area (Å²) in [7, 11) is 1.32. The van der Waals surface area contributed by atoms with Gasteiger partial charge in [-0.2, -0.15) is 11.8 Å². The van der Waals surface area contributed by atoms with Gasteiger partial charge in [0.05, 0.1) is 7.11 Å². The van der Waals surface area contributed by atoms with Crippen LogP contribution < -0.4 is 5.32 Å². The topological polar surface area (TPSA) is 55.4 Å². The van der Waals surface area contributed by atoms with Crippen LogP contribution in [0.5, 0.6) is 0 Å². The van der Waals surface area contributed by atoms with Gasteiger partial charge >= 0.3 is 5.97 Å². The van der Waals surface area contributed by atoms with Gasteiger partial charge in [0.25, 0.3) is 0 Å². The summed E-state index contributed by atoms with van der Waals surface area (Å²) in [6, 6.07) is 8.88. The predicted octanol–water partition coefficient (Wildman–Crippen LogP) is 2.41. The number of carbonyl (C=O) groups excluding carboxylic acids is 2. The first kappa shape index (κ1) is 17.7. The molecule has 21 heavy (non-hydrogen) atoms. The molecular formula is C15H19NO3S2. The number of amides is 1. The van der Waals surface area contributed by atoms with E-state index in [0.717, 1.165) is 10.6 Å². The van der Waals surface area contributed by atoms with Crippen LogP contribution >= 0.6 is 23.5 Å². The van der Waals surface area contributed by atoms with Crippen LogP contribution in [0.1, 0.15) is 5.56 Å². The van der Waals surface area contributed by atoms with Crippen LogP contribution in [0.2, 0.25) is 0 Å². The van der Waals surface area contributed by atoms with Crippen LogP contribution in [-0.4, -0.2) is 42.1 Å². The van der Waals surface area contributed by atoms with Gasteiger partial charge in [-0.1, -0.05) is 30.3 Å². The number of ether oxygens (including phenoxy) is 1. The average Bonchev–Trinajstić information content (AvgIpc) is 2.52. The Hall–Kier alpha value is -1.40. The van der Waals surface area contributed by atoms with E-state index in [0.29, 0.717) is 5.75 Å². The lowest BCUT2D eigenvalue weighted by molar-refractivity contribution is -0.143. The Morgan fingerprint density at radius 3 is 2.67 bits per heavy atom. The highest BCUT2D eigenvalue weighted by atomic mass is 32.2. The van der Waals surface area contributed by atoms with Crippen LogP contribution in [0.3, 0.4) is 0 Å². The van der Waals surface area contributed by atoms with Gasteiger partial charge in [-0.15, -0.1) is 11.8 Å². The number of methoxy groups -OCH3 is 1. The molecule has 1 atom stereocenters. The molecule has 0 aromatic heterocycles. The molecular weight excluding hydrogens is 306 g/mol. The molecule has 0 aliphatic carbocycles. The van der Waals surface area contributed by atoms with E-state index in [1.807, 2.05) is 36.6 Å². The smallest absolute Gasteiger partial charge is 0.329 e. The Labute approximate surface area is 133 Å². The number of thioether (sulfide) groups is 2. The van der Waals surface area contributed by atoms with Gasteiger partial charge in [0.2, 0.25) is 5.91 Å². The van der Waals surface area contributed by atoms with Gasteiger partial charge in [0.1, 0.15) is 6.04 Å². The summed E-state index contributed by atoms with van der Waals surface area (Å²) in [6.45, 7) is 0. The lowest BCUT2D eigenvalue weighted by Gasteiger charge is -2.14. The van der Waals surface area contributed by atoms with E-state index in [-0.39, 0.29) is 5.91 Å². The fourth-order valence-corrected chi connectivity index (χ4v) is 3.02. The molecule has 0 bridgehead atoms. The van der Waals surface area contributed by atoms with Crippen molar-refractivity contribution in [1.82, 2.24) is 5.32 Å². The summed E-state index contributed by atoms with van der Waals surface area (Å²) in [4.78, 5) is 23.5. The molecule has 1 aromatic carbocycles. The van der Waals surface area contributed by atoms with Gasteiger partial charge in [-0.25, -0.2) is 4.79 Å². The van der Waals surface area contributed by atoms with Crippen molar-refractivity contribution < 1.29 is 14.3 Å². The minimum atomic E-state index is -0.625. The molecule has 1 rings (SSSR count). The molecule has 0 heterocycles. The second-order valence-electron chi connectivity index (χ2n) is 4.11. The van der Waals surface area contributed by atoms with Crippen LogP contribution in [0.15, 0.2) is 36.4 Å². The molecule has 1 aromatic rings. The summed E-state index contributed by atoms with van der Waals surface area (Å²) in [6.07, 6.45) is 5.12. The summed E-state index contributed by atoms with van der Waals surface area (Å²) >= 11 is 3.26. The molecule has 1 N–H and O–H groups in total. The Morgan fingerprint density at radius 2 is 2.05 bits per heavy atom. The van der Waals surface area contributed by atoms with Gasteiger partial charge in [0, 0.05) is 16.9 Å². The number of rotatable bonds is 8. The zero-order chi connectivity index (χ0) is 15.5. The largest absolute Gasteiger partial charge is 0.467 e. The minimum absolute atomic E-state index is 0.306. The van der Waals surface area contributed by atoms with Gasteiger partial charge in [-0.05, 0) is 17.9 Å². The number of carbonyl (C=O) groups is 2. The molecule has 0 fully saturated rings. The van der Waals surface area contributed by atoms with E-state index >= 15 is 0 Å². The van der Waals surface area contributed by atoms with Crippen LogP contribution in [0.25, 0.3) is 6.08 Å². The first-order chi connectivity index (χ1) is 10.2. The Kier molecular flexibility index (Phi) is 8.69. The third-order valence-electron chi connectivity index (χ3n) is 2.51. The zero-order valence-electron chi connectivity index (χ0n) is 12.1. The van der Waals surface area contributed by atoms with Crippen LogP contribution in [0.4, 0.5) is 0 Å². The minimum Gasteiger partial charge on any atom is -0.467 e. The van der Waals surface area contributed by atoms with Crippen molar-refractivity contribution in [3.05, 3.63) is 42.0 Å². The molecule has 0 saturated carbocycles. The van der Waals surface area contributed by atoms with Crippen LogP contribution in [0, 0.1) is 0 Å². The fourth-order valence-electron chi connectivity index (χ4n) is 1.52. The van der Waals surface area contributed by atoms with E-state index < -0.39 is 12.0 Å². The second-order valence-corrected chi connectivity index (χ2v) is 6.37. The Balaban J connectivity index is 2.54. The first-order valence-electron chi connectivity index (χ1n) is 6.35. The number of hydrogen-bond donors (Lipinski definition) is 1. The maximum absolute atomic E-state index is 11.9. The predicted molar refractivity (Wildman–Crippen MR) is 90.3 cm³/mol. The first-order valence-corrected chi connectivity index (χ1v) is 8.90. The molecule has 4 nitrogen and oxygen atoms in total. The standard InChI is InChI=1S/C15H19NO3S2/c1-19-15(18)13(10-21-11-20-2)16-14(17)9-8-12-6-4-3-5-7-12/h3-9,13H,10-11H2,1-2H3,(H,16,17). The summed E-state index contributed by atoms with van der Waals surface area (Å²) in [5, 5.41) is 3.53. The van der Waals surface area contributed by atoms with E-state index in [1.54, 1.807) is 29.6 Å². The van der Waals surface area contributed by atoms with E-state index in [1.165, 1.54) is 13.2 Å². The van der Waals surface area contributed by atoms with Gasteiger partial charge in [-0.3, -0.25) is 4.79 Å². The number of esters is 1. The van der Waals surface area contributed by atoms with Crippen molar-refractivity contribution in [2.75, 3.05) is 24.2 Å². The van der Waals surface area contributed by atoms with Crippen LogP contribution in [-0.2, 0) is 14.3 Å². The molecule has 114 valence electrons. The molecule has 0 spiro atoms. The third-order valence-corrected chi connectivity index (χ3v) is 4.69. The van der Waals surface area contributed by atoms with Crippen molar-refractivity contribution in [3.63, 3.8) is 0 Å². The van der Waals surface area contributed by atoms with E-state index in [4.69, 9.17) is 4.74 Å². The maximum atomic E-state index is 11.9. The molecule has 6 heteroatoms. The summed E-state index contributed by atoms with van der Waals surface area (Å²) in [5.41, 5.74) is 0.930. The van der Waals surface area contributed by atoms with Crippen molar-refractivity contribution in [2.45, 2.75) is 6.04 Å². The lowest BCUT2D eigenvalue weighted by atomic mass is 10.2. The zero-order valence-corrected chi connectivity index (χ0v) is 13.7. The number of benzene rings is 1. The quantitative estimate of drug-likeness (QED) is 0.344. The highest BCUT2D eigenvalue weighted by molar-refractivity contribution is 8.15.